The smallest absolute Gasteiger partial charge is 0.229 e. The molecule has 0 amide bonds. The van der Waals surface area contributed by atoms with E-state index in [0.717, 1.165) is 33.3 Å². The molecule has 1 fully saturated rings. The molecule has 8 nitrogen and oxygen atoms in total. The molecule has 3 heterocycles. The third kappa shape index (κ3) is 5.27. The van der Waals surface area contributed by atoms with Crippen molar-refractivity contribution in [3.8, 4) is 17.1 Å². The first-order valence-corrected chi connectivity index (χ1v) is 14.8. The number of sulfonamides is 1. The fourth-order valence-corrected chi connectivity index (χ4v) is 6.11. The lowest BCUT2D eigenvalue weighted by Crippen LogP contribution is -2.29. The van der Waals surface area contributed by atoms with E-state index < -0.39 is 10.0 Å². The lowest BCUT2D eigenvalue weighted by molar-refractivity contribution is 0.416. The molecule has 2 N–H and O–H groups in total. The molecule has 2 atom stereocenters. The van der Waals surface area contributed by atoms with Gasteiger partial charge in [-0.1, -0.05) is 28.1 Å². The molecule has 0 aliphatic carbocycles. The molecule has 4 aromatic rings. The van der Waals surface area contributed by atoms with Gasteiger partial charge in [-0.2, -0.15) is 0 Å². The maximum Gasteiger partial charge on any atom is 0.229 e. The van der Waals surface area contributed by atoms with Gasteiger partial charge in [-0.15, -0.1) is 0 Å². The minimum atomic E-state index is -3.49. The van der Waals surface area contributed by atoms with Crippen LogP contribution in [0.4, 0.5) is 11.4 Å². The number of aromatic nitrogens is 1. The molecule has 2 aromatic carbocycles. The maximum atomic E-state index is 11.8. The summed E-state index contributed by atoms with van der Waals surface area (Å²) in [5, 5.41) is 3.88. The molecule has 0 spiro atoms. The van der Waals surface area contributed by atoms with Crippen LogP contribution in [0.25, 0.3) is 11.3 Å². The van der Waals surface area contributed by atoms with Crippen LogP contribution in [-0.4, -0.2) is 31.9 Å². The number of hydrogen-bond donors (Lipinski definition) is 2. The zero-order valence-corrected chi connectivity index (χ0v) is 24.0. The number of benzene rings is 2. The summed E-state index contributed by atoms with van der Waals surface area (Å²) >= 11 is 9.45. The predicted molar refractivity (Wildman–Crippen MR) is 156 cm³/mol. The number of methoxy groups -OCH3 is 1. The SMILES string of the molecule is COc1cc(N2C(=S)N[C@H](c3ccccn3)[C@@H]2c2ccc(-c3ccc(C)cc3Br)o2)ccc1NS(C)(=O)=O. The Bertz CT molecular complexity index is 1610. The minimum Gasteiger partial charge on any atom is -0.494 e. The van der Waals surface area contributed by atoms with Crippen LogP contribution in [-0.2, 0) is 10.0 Å². The number of anilines is 2. The van der Waals surface area contributed by atoms with Crippen LogP contribution in [0.3, 0.4) is 0 Å². The molecule has 0 radical (unpaired) electrons. The van der Waals surface area contributed by atoms with Crippen LogP contribution < -0.4 is 19.7 Å². The van der Waals surface area contributed by atoms with Gasteiger partial charge in [0.1, 0.15) is 23.3 Å². The van der Waals surface area contributed by atoms with E-state index in [1.54, 1.807) is 24.4 Å². The maximum absolute atomic E-state index is 11.8. The topological polar surface area (TPSA) is 96.7 Å². The predicted octanol–water partition coefficient (Wildman–Crippen LogP) is 5.97. The van der Waals surface area contributed by atoms with Crippen LogP contribution in [0.5, 0.6) is 5.75 Å². The second kappa shape index (κ2) is 10.4. The first-order chi connectivity index (χ1) is 18.1. The minimum absolute atomic E-state index is 0.302. The number of nitrogens with zero attached hydrogens (tertiary/aromatic N) is 2. The number of nitrogens with one attached hydrogen (secondary N) is 2. The highest BCUT2D eigenvalue weighted by molar-refractivity contribution is 9.10. The Morgan fingerprint density at radius 3 is 2.63 bits per heavy atom. The zero-order chi connectivity index (χ0) is 27.0. The first kappa shape index (κ1) is 26.2. The summed E-state index contributed by atoms with van der Waals surface area (Å²) in [4.78, 5) is 6.52. The highest BCUT2D eigenvalue weighted by atomic mass is 79.9. The van der Waals surface area contributed by atoms with E-state index in [-0.39, 0.29) is 12.1 Å². The van der Waals surface area contributed by atoms with Crippen molar-refractivity contribution in [3.05, 3.63) is 94.4 Å². The van der Waals surface area contributed by atoms with Crippen molar-refractivity contribution >= 4 is 54.7 Å². The van der Waals surface area contributed by atoms with Gasteiger partial charge in [0.05, 0.1) is 30.8 Å². The summed E-state index contributed by atoms with van der Waals surface area (Å²) in [6, 6.07) is 20.2. The molecule has 1 saturated heterocycles. The highest BCUT2D eigenvalue weighted by Crippen LogP contribution is 2.45. The van der Waals surface area contributed by atoms with Crippen molar-refractivity contribution in [2.75, 3.05) is 23.0 Å². The number of pyridine rings is 1. The van der Waals surface area contributed by atoms with Gasteiger partial charge in [-0.05, 0) is 73.2 Å². The molecule has 5 rings (SSSR count). The van der Waals surface area contributed by atoms with Crippen molar-refractivity contribution < 1.29 is 17.6 Å². The molecule has 2 aromatic heterocycles. The summed E-state index contributed by atoms with van der Waals surface area (Å²) in [7, 11) is -2.00. The Morgan fingerprint density at radius 1 is 1.13 bits per heavy atom. The molecular weight excluding hydrogens is 588 g/mol. The van der Waals surface area contributed by atoms with Crippen molar-refractivity contribution in [3.63, 3.8) is 0 Å². The average molecular weight is 614 g/mol. The Labute approximate surface area is 235 Å². The number of furan rings is 1. The van der Waals surface area contributed by atoms with Crippen molar-refractivity contribution in [2.45, 2.75) is 19.0 Å². The largest absolute Gasteiger partial charge is 0.494 e. The standard InChI is InChI=1S/C27H25BrN4O4S2/c1-16-7-9-18(19(28)14-16)22-11-12-23(36-22)26-25(21-6-4-5-13-29-21)30-27(37)32(26)17-8-10-20(24(15-17)35-2)31-38(3,33)34/h4-15,25-26,31H,1-3H3,(H,30,37)/t25-,26+/m1/s1. The normalized spacial score (nSPS) is 17.4. The van der Waals surface area contributed by atoms with Gasteiger partial charge in [-0.3, -0.25) is 9.71 Å². The van der Waals surface area contributed by atoms with E-state index in [1.807, 2.05) is 60.4 Å². The van der Waals surface area contributed by atoms with E-state index in [9.17, 15) is 8.42 Å². The molecule has 11 heteroatoms. The Balaban J connectivity index is 1.60. The van der Waals surface area contributed by atoms with Crippen molar-refractivity contribution in [2.24, 2.45) is 0 Å². The zero-order valence-electron chi connectivity index (χ0n) is 20.8. The highest BCUT2D eigenvalue weighted by Gasteiger charge is 2.43. The van der Waals surface area contributed by atoms with Crippen LogP contribution in [0.1, 0.15) is 29.1 Å². The summed E-state index contributed by atoms with van der Waals surface area (Å²) in [5.74, 6) is 1.77. The number of halogens is 1. The number of thiocarbonyl (C=S) groups is 1. The molecular formula is C27H25BrN4O4S2. The van der Waals surface area contributed by atoms with Gasteiger partial charge in [0.2, 0.25) is 10.0 Å². The third-order valence-electron chi connectivity index (χ3n) is 6.17. The van der Waals surface area contributed by atoms with Gasteiger partial charge >= 0.3 is 0 Å². The van der Waals surface area contributed by atoms with Gasteiger partial charge in [-0.25, -0.2) is 8.42 Å². The summed E-state index contributed by atoms with van der Waals surface area (Å²) in [5.41, 5.74) is 3.92. The van der Waals surface area contributed by atoms with E-state index >= 15 is 0 Å². The molecule has 0 saturated carbocycles. The summed E-state index contributed by atoms with van der Waals surface area (Å²) < 4.78 is 39.0. The van der Waals surface area contributed by atoms with E-state index in [2.05, 4.69) is 31.0 Å². The molecule has 1 aliphatic heterocycles. The van der Waals surface area contributed by atoms with Crippen molar-refractivity contribution in [1.82, 2.24) is 10.3 Å². The van der Waals surface area contributed by atoms with Gasteiger partial charge < -0.3 is 19.4 Å². The lowest BCUT2D eigenvalue weighted by atomic mass is 10.0. The number of hydrogen-bond acceptors (Lipinski definition) is 6. The Morgan fingerprint density at radius 2 is 1.95 bits per heavy atom. The van der Waals surface area contributed by atoms with Crippen molar-refractivity contribution in [1.29, 1.82) is 0 Å². The molecule has 196 valence electrons. The van der Waals surface area contributed by atoms with Crippen LogP contribution in [0.2, 0.25) is 0 Å². The first-order valence-electron chi connectivity index (χ1n) is 11.7. The fraction of sp³-hybridized carbons (Fsp3) is 0.185. The van der Waals surface area contributed by atoms with Gasteiger partial charge in [0.25, 0.3) is 0 Å². The van der Waals surface area contributed by atoms with E-state index in [1.165, 1.54) is 7.11 Å². The van der Waals surface area contributed by atoms with Gasteiger partial charge in [0, 0.05) is 28.0 Å². The molecule has 38 heavy (non-hydrogen) atoms. The quantitative estimate of drug-likeness (QED) is 0.246. The number of rotatable bonds is 7. The second-order valence-electron chi connectivity index (χ2n) is 8.94. The Kier molecular flexibility index (Phi) is 7.17. The Hall–Kier alpha value is -3.41. The summed E-state index contributed by atoms with van der Waals surface area (Å²) in [6.07, 6.45) is 2.83. The van der Waals surface area contributed by atoms with Gasteiger partial charge in [0.15, 0.2) is 5.11 Å². The van der Waals surface area contributed by atoms with Crippen LogP contribution in [0, 0.1) is 6.92 Å². The lowest BCUT2D eigenvalue weighted by Gasteiger charge is -2.27. The fourth-order valence-electron chi connectivity index (χ4n) is 4.51. The monoisotopic (exact) mass is 612 g/mol. The average Bonchev–Trinajstić information content (AvgIpc) is 3.48. The summed E-state index contributed by atoms with van der Waals surface area (Å²) in [6.45, 7) is 2.04. The van der Waals surface area contributed by atoms with Crippen LogP contribution in [0.15, 0.2) is 81.8 Å². The molecule has 1 aliphatic rings. The van der Waals surface area contributed by atoms with E-state index in [4.69, 9.17) is 21.4 Å². The number of aryl methyl sites for hydroxylation is 1. The van der Waals surface area contributed by atoms with Crippen LogP contribution >= 0.6 is 28.1 Å². The second-order valence-corrected chi connectivity index (χ2v) is 11.9. The molecule has 0 unspecified atom stereocenters. The molecule has 0 bridgehead atoms. The third-order valence-corrected chi connectivity index (χ3v) is 7.73. The van der Waals surface area contributed by atoms with E-state index in [0.29, 0.717) is 28.0 Å². The number of ether oxygens (including phenoxy) is 1.